The molecule has 42 heavy (non-hydrogen) atoms. The molecule has 3 aromatic heterocycles. The van der Waals surface area contributed by atoms with E-state index in [1.807, 2.05) is 11.1 Å². The van der Waals surface area contributed by atoms with Crippen LogP contribution in [0.2, 0.25) is 6.55 Å². The summed E-state index contributed by atoms with van der Waals surface area (Å²) in [5, 5.41) is 10.4. The van der Waals surface area contributed by atoms with Crippen molar-refractivity contribution in [3.63, 3.8) is 0 Å². The fourth-order valence-electron chi connectivity index (χ4n) is 5.00. The van der Waals surface area contributed by atoms with Gasteiger partial charge in [0, 0.05) is 31.7 Å². The number of pyridine rings is 2. The van der Waals surface area contributed by atoms with Crippen LogP contribution in [0.5, 0.6) is 5.75 Å². The fraction of sp³-hybridized carbons (Fsp3) is 0.222. The van der Waals surface area contributed by atoms with Crippen LogP contribution in [-0.4, -0.2) is 78.3 Å². The number of phenolic OH excluding ortho intramolecular Hbond substituents is 1. The number of aromatic hydroxyl groups is 1. The highest BCUT2D eigenvalue weighted by molar-refractivity contribution is 7.90. The number of nitrogens with zero attached hydrogens (tertiary/aromatic N) is 6. The van der Waals surface area contributed by atoms with Crippen LogP contribution < -0.4 is 10.3 Å². The number of hydrogen-bond donors (Lipinski definition) is 1. The molecule has 1 radical (unpaired) electrons. The number of carbonyl (C=O) groups excluding carboxylic acids is 1. The maximum Gasteiger partial charge on any atom is 0.355 e. The summed E-state index contributed by atoms with van der Waals surface area (Å²) in [6.07, 6.45) is 3.81. The second kappa shape index (κ2) is 10.7. The van der Waals surface area contributed by atoms with Crippen LogP contribution in [-0.2, 0) is 14.6 Å². The van der Waals surface area contributed by atoms with Gasteiger partial charge in [-0.05, 0) is 37.3 Å². The average Bonchev–Trinajstić information content (AvgIpc) is 2.92. The van der Waals surface area contributed by atoms with Gasteiger partial charge in [-0.3, -0.25) is 9.78 Å². The van der Waals surface area contributed by atoms with E-state index in [2.05, 4.69) is 21.5 Å². The summed E-state index contributed by atoms with van der Waals surface area (Å²) in [4.78, 5) is 40.1. The van der Waals surface area contributed by atoms with E-state index >= 15 is 4.39 Å². The van der Waals surface area contributed by atoms with Crippen molar-refractivity contribution in [2.45, 2.75) is 18.4 Å². The maximum absolute atomic E-state index is 15.8. The van der Waals surface area contributed by atoms with Crippen LogP contribution in [0.1, 0.15) is 5.69 Å². The molecule has 0 aliphatic carbocycles. The molecule has 11 nitrogen and oxygen atoms in total. The Hall–Kier alpha value is -4.50. The predicted molar refractivity (Wildman–Crippen MR) is 154 cm³/mol. The second-order valence-corrected chi connectivity index (χ2v) is 14.1. The zero-order chi connectivity index (χ0) is 30.5. The second-order valence-electron chi connectivity index (χ2n) is 9.74. The number of anilines is 1. The number of aryl methyl sites for hydroxylation is 1. The van der Waals surface area contributed by atoms with E-state index in [1.54, 1.807) is 4.90 Å². The lowest BCUT2D eigenvalue weighted by molar-refractivity contribution is -0.125. The topological polar surface area (TPSA) is 139 Å². The molecule has 4 heterocycles. The van der Waals surface area contributed by atoms with Crippen molar-refractivity contribution in [2.75, 3.05) is 30.1 Å². The summed E-state index contributed by atoms with van der Waals surface area (Å²) in [5.74, 6) is -2.70. The van der Waals surface area contributed by atoms with Crippen LogP contribution in [0.4, 0.5) is 14.6 Å². The fourth-order valence-corrected chi connectivity index (χ4v) is 7.95. The normalized spacial score (nSPS) is 14.4. The number of fused-ring (bicyclic) bond motifs is 1. The van der Waals surface area contributed by atoms with Gasteiger partial charge in [-0.25, -0.2) is 31.5 Å². The van der Waals surface area contributed by atoms with Crippen LogP contribution >= 0.6 is 0 Å². The Morgan fingerprint density at radius 1 is 1.17 bits per heavy atom. The number of hydrogen-bond acceptors (Lipinski definition) is 9. The lowest BCUT2D eigenvalue weighted by Gasteiger charge is -2.39. The third-order valence-corrected chi connectivity index (χ3v) is 10.3. The average molecular weight is 612 g/mol. The number of benzene rings is 1. The van der Waals surface area contributed by atoms with Crippen molar-refractivity contribution in [3.8, 4) is 22.7 Å². The molecule has 1 N–H and O–H groups in total. The lowest BCUT2D eigenvalue weighted by Crippen LogP contribution is -2.57. The zero-order valence-electron chi connectivity index (χ0n) is 22.8. The summed E-state index contributed by atoms with van der Waals surface area (Å²) in [6, 6.07) is 5.68. The summed E-state index contributed by atoms with van der Waals surface area (Å²) < 4.78 is 58.9. The molecule has 0 saturated carbocycles. The first-order chi connectivity index (χ1) is 19.8. The van der Waals surface area contributed by atoms with E-state index < -0.39 is 53.1 Å². The minimum Gasteiger partial charge on any atom is -0.507 e. The molecule has 0 bridgehead atoms. The Labute approximate surface area is 241 Å². The molecule has 0 unspecified atom stereocenters. The molecule has 1 aliphatic rings. The summed E-state index contributed by atoms with van der Waals surface area (Å²) in [5.41, 5.74) is -2.26. The van der Waals surface area contributed by atoms with Gasteiger partial charge in [0.25, 0.3) is 0 Å². The number of phenols is 1. The van der Waals surface area contributed by atoms with Gasteiger partial charge in [0.2, 0.25) is 5.91 Å². The number of aromatic nitrogens is 4. The molecule has 15 heteroatoms. The highest BCUT2D eigenvalue weighted by Crippen LogP contribution is 2.36. The van der Waals surface area contributed by atoms with Gasteiger partial charge in [0.05, 0.1) is 27.2 Å². The zero-order valence-corrected chi connectivity index (χ0v) is 24.6. The van der Waals surface area contributed by atoms with Crippen LogP contribution in [0, 0.1) is 18.6 Å². The lowest BCUT2D eigenvalue weighted by atomic mass is 10.1. The predicted octanol–water partition coefficient (Wildman–Crippen LogP) is 2.53. The number of halogens is 2. The van der Waals surface area contributed by atoms with Crippen LogP contribution in [0.25, 0.3) is 28.0 Å². The summed E-state index contributed by atoms with van der Waals surface area (Å²) in [7, 11) is -5.49. The van der Waals surface area contributed by atoms with E-state index in [4.69, 9.17) is 0 Å². The quantitative estimate of drug-likeness (QED) is 0.267. The molecule has 4 aromatic rings. The minimum absolute atomic E-state index is 0.0437. The van der Waals surface area contributed by atoms with Gasteiger partial charge in [-0.15, -0.1) is 0 Å². The summed E-state index contributed by atoms with van der Waals surface area (Å²) >= 11 is 0. The van der Waals surface area contributed by atoms with Crippen molar-refractivity contribution in [1.29, 1.82) is 0 Å². The van der Waals surface area contributed by atoms with Gasteiger partial charge in [-0.1, -0.05) is 19.2 Å². The van der Waals surface area contributed by atoms with Crippen LogP contribution in [0.15, 0.2) is 58.9 Å². The molecule has 0 spiro atoms. The monoisotopic (exact) mass is 611 g/mol. The van der Waals surface area contributed by atoms with Gasteiger partial charge in [0.15, 0.2) is 30.3 Å². The third-order valence-electron chi connectivity index (χ3n) is 6.94. The van der Waals surface area contributed by atoms with Crippen molar-refractivity contribution in [3.05, 3.63) is 77.0 Å². The number of carbonyl (C=O) groups is 1. The molecular weight excluding hydrogens is 586 g/mol. The molecule has 1 aliphatic heterocycles. The molecule has 0 atom stereocenters. The summed E-state index contributed by atoms with van der Waals surface area (Å²) in [6.45, 7) is 7.47. The Morgan fingerprint density at radius 3 is 2.55 bits per heavy atom. The molecule has 1 saturated heterocycles. The van der Waals surface area contributed by atoms with E-state index in [-0.39, 0.29) is 52.1 Å². The number of amides is 1. The van der Waals surface area contributed by atoms with Gasteiger partial charge >= 0.3 is 5.69 Å². The Morgan fingerprint density at radius 2 is 1.90 bits per heavy atom. The van der Waals surface area contributed by atoms with Gasteiger partial charge in [-0.2, -0.15) is 4.98 Å². The van der Waals surface area contributed by atoms with E-state index in [1.165, 1.54) is 31.3 Å². The smallest absolute Gasteiger partial charge is 0.355 e. The van der Waals surface area contributed by atoms with Crippen molar-refractivity contribution in [1.82, 2.24) is 24.4 Å². The first kappa shape index (κ1) is 29.0. The SMILES string of the molecule is C=CC(=O)N1CCN(c2nc(=O)n(-c3c(S(C)(=O)=O)ccnc3C)c3nc(-c4c(O)cccc4F)c(F)cc23)[Si](C)C1. The molecular formula is C27H25F2N6O5SSi. The maximum atomic E-state index is 15.8. The molecule has 1 fully saturated rings. The van der Waals surface area contributed by atoms with Gasteiger partial charge in [0.1, 0.15) is 23.1 Å². The van der Waals surface area contributed by atoms with Crippen molar-refractivity contribution >= 4 is 41.6 Å². The third kappa shape index (κ3) is 4.94. The Bertz CT molecular complexity index is 1930. The molecule has 1 amide bonds. The Kier molecular flexibility index (Phi) is 7.40. The van der Waals surface area contributed by atoms with Crippen molar-refractivity contribution in [2.24, 2.45) is 0 Å². The van der Waals surface area contributed by atoms with Crippen molar-refractivity contribution < 1.29 is 27.1 Å². The number of rotatable bonds is 5. The van der Waals surface area contributed by atoms with E-state index in [0.29, 0.717) is 6.17 Å². The van der Waals surface area contributed by atoms with E-state index in [9.17, 15) is 27.5 Å². The largest absolute Gasteiger partial charge is 0.507 e. The highest BCUT2D eigenvalue weighted by atomic mass is 32.2. The first-order valence-electron chi connectivity index (χ1n) is 12.6. The van der Waals surface area contributed by atoms with Crippen LogP contribution in [0.3, 0.4) is 0 Å². The van der Waals surface area contributed by atoms with E-state index in [0.717, 1.165) is 29.0 Å². The molecule has 217 valence electrons. The molecule has 1 aromatic carbocycles. The molecule has 5 rings (SSSR count). The first-order valence-corrected chi connectivity index (χ1v) is 16.7. The number of sulfone groups is 1. The minimum atomic E-state index is -3.91. The van der Waals surface area contributed by atoms with Gasteiger partial charge < -0.3 is 14.6 Å². The Balaban J connectivity index is 1.86. The highest BCUT2D eigenvalue weighted by Gasteiger charge is 2.32. The standard InChI is InChI=1S/C27H25F2N6O5SSi/c1-5-21(37)33-11-12-34(42(4)14-33)25-16-13-18(29)23(22-17(28)7-6-8-19(22)36)31-26(16)35(27(38)32-25)24-15(2)30-10-9-20(24)41(3,39)40/h5-10,13,36H,1,11-12,14H2,2-4H3.